The number of nitrogen functional groups attached to an aromatic ring is 1. The number of rotatable bonds is 3. The molecule has 0 aromatic heterocycles. The van der Waals surface area contributed by atoms with Crippen LogP contribution in [0.4, 0.5) is 17.1 Å². The number of amides is 1. The lowest BCUT2D eigenvalue weighted by Crippen LogP contribution is -2.36. The summed E-state index contributed by atoms with van der Waals surface area (Å²) in [5.74, 6) is 0.312. The van der Waals surface area contributed by atoms with Gasteiger partial charge >= 0.3 is 0 Å². The van der Waals surface area contributed by atoms with E-state index in [4.69, 9.17) is 10.5 Å². The summed E-state index contributed by atoms with van der Waals surface area (Å²) in [6, 6.07) is 5.74. The number of carbonyl (C=O) groups excluding carboxylic acids is 1. The van der Waals surface area contributed by atoms with Crippen molar-refractivity contribution in [1.82, 2.24) is 0 Å². The second-order valence-corrected chi connectivity index (χ2v) is 5.18. The van der Waals surface area contributed by atoms with Crippen LogP contribution in [0.3, 0.4) is 0 Å². The predicted octanol–water partition coefficient (Wildman–Crippen LogP) is 1.45. The minimum atomic E-state index is 0.110. The van der Waals surface area contributed by atoms with E-state index in [-0.39, 0.29) is 11.8 Å². The Morgan fingerprint density at radius 3 is 2.68 bits per heavy atom. The smallest absolute Gasteiger partial charge is 0.227 e. The highest BCUT2D eigenvalue weighted by atomic mass is 16.5. The highest BCUT2D eigenvalue weighted by Crippen LogP contribution is 2.31. The molecule has 5 heteroatoms. The molecule has 1 aliphatic heterocycles. The SMILES string of the molecule is Nc1cc(NC(=O)C2CC2)cc(N2CCOCC2)c1. The molecule has 102 valence electrons. The lowest BCUT2D eigenvalue weighted by Gasteiger charge is -2.29. The van der Waals surface area contributed by atoms with Gasteiger partial charge in [0.2, 0.25) is 5.91 Å². The summed E-state index contributed by atoms with van der Waals surface area (Å²) in [5, 5.41) is 2.95. The van der Waals surface area contributed by atoms with Gasteiger partial charge in [0.15, 0.2) is 0 Å². The van der Waals surface area contributed by atoms with Gasteiger partial charge in [0, 0.05) is 36.1 Å². The number of nitrogens with zero attached hydrogens (tertiary/aromatic N) is 1. The summed E-state index contributed by atoms with van der Waals surface area (Å²) in [6.45, 7) is 3.19. The number of hydrogen-bond acceptors (Lipinski definition) is 4. The van der Waals surface area contributed by atoms with Crippen molar-refractivity contribution in [2.24, 2.45) is 5.92 Å². The predicted molar refractivity (Wildman–Crippen MR) is 75.2 cm³/mol. The third-order valence-corrected chi connectivity index (χ3v) is 3.53. The average Bonchev–Trinajstić information content (AvgIpc) is 3.23. The third-order valence-electron chi connectivity index (χ3n) is 3.53. The monoisotopic (exact) mass is 261 g/mol. The van der Waals surface area contributed by atoms with Crippen molar-refractivity contribution in [2.45, 2.75) is 12.8 Å². The average molecular weight is 261 g/mol. The van der Waals surface area contributed by atoms with Gasteiger partial charge in [-0.15, -0.1) is 0 Å². The molecule has 1 aliphatic carbocycles. The summed E-state index contributed by atoms with van der Waals surface area (Å²) >= 11 is 0. The Kier molecular flexibility index (Phi) is 3.29. The lowest BCUT2D eigenvalue weighted by molar-refractivity contribution is -0.117. The summed E-state index contributed by atoms with van der Waals surface area (Å²) in [6.07, 6.45) is 2.01. The van der Waals surface area contributed by atoms with Crippen molar-refractivity contribution < 1.29 is 9.53 Å². The molecule has 1 saturated heterocycles. The first-order valence-electron chi connectivity index (χ1n) is 6.76. The van der Waals surface area contributed by atoms with Crippen LogP contribution in [0.15, 0.2) is 18.2 Å². The fourth-order valence-electron chi connectivity index (χ4n) is 2.30. The Hall–Kier alpha value is -1.75. The highest BCUT2D eigenvalue weighted by Gasteiger charge is 2.29. The van der Waals surface area contributed by atoms with E-state index in [0.29, 0.717) is 5.69 Å². The summed E-state index contributed by atoms with van der Waals surface area (Å²) in [7, 11) is 0. The maximum absolute atomic E-state index is 11.8. The quantitative estimate of drug-likeness (QED) is 0.808. The molecule has 0 radical (unpaired) electrons. The normalized spacial score (nSPS) is 19.3. The zero-order chi connectivity index (χ0) is 13.2. The molecular weight excluding hydrogens is 242 g/mol. The van der Waals surface area contributed by atoms with Crippen LogP contribution in [0.25, 0.3) is 0 Å². The van der Waals surface area contributed by atoms with E-state index in [2.05, 4.69) is 10.2 Å². The van der Waals surface area contributed by atoms with Crippen molar-refractivity contribution in [3.63, 3.8) is 0 Å². The highest BCUT2D eigenvalue weighted by molar-refractivity contribution is 5.95. The Labute approximate surface area is 112 Å². The first-order valence-corrected chi connectivity index (χ1v) is 6.76. The largest absolute Gasteiger partial charge is 0.399 e. The molecule has 1 saturated carbocycles. The van der Waals surface area contributed by atoms with Crippen molar-refractivity contribution in [3.05, 3.63) is 18.2 Å². The number of hydrogen-bond donors (Lipinski definition) is 2. The van der Waals surface area contributed by atoms with Gasteiger partial charge in [-0.1, -0.05) is 0 Å². The number of ether oxygens (including phenoxy) is 1. The van der Waals surface area contributed by atoms with Gasteiger partial charge in [0.25, 0.3) is 0 Å². The number of carbonyl (C=O) groups is 1. The van der Waals surface area contributed by atoms with E-state index in [9.17, 15) is 4.79 Å². The van der Waals surface area contributed by atoms with Crippen LogP contribution in [0.1, 0.15) is 12.8 Å². The molecule has 0 bridgehead atoms. The molecule has 1 aromatic rings. The van der Waals surface area contributed by atoms with Gasteiger partial charge < -0.3 is 20.7 Å². The van der Waals surface area contributed by atoms with Gasteiger partial charge in [0.05, 0.1) is 13.2 Å². The molecule has 3 rings (SSSR count). The second-order valence-electron chi connectivity index (χ2n) is 5.18. The van der Waals surface area contributed by atoms with Crippen molar-refractivity contribution in [1.29, 1.82) is 0 Å². The maximum atomic E-state index is 11.8. The van der Waals surface area contributed by atoms with Crippen molar-refractivity contribution >= 4 is 23.0 Å². The van der Waals surface area contributed by atoms with Crippen molar-refractivity contribution in [2.75, 3.05) is 42.3 Å². The topological polar surface area (TPSA) is 67.6 Å². The molecule has 2 fully saturated rings. The van der Waals surface area contributed by atoms with Gasteiger partial charge in [-0.05, 0) is 31.0 Å². The van der Waals surface area contributed by atoms with E-state index in [1.54, 1.807) is 0 Å². The molecule has 19 heavy (non-hydrogen) atoms. The van der Waals surface area contributed by atoms with Crippen LogP contribution in [0.5, 0.6) is 0 Å². The number of nitrogens with two attached hydrogens (primary N) is 1. The molecule has 2 aliphatic rings. The molecule has 3 N–H and O–H groups in total. The molecule has 0 atom stereocenters. The standard InChI is InChI=1S/C14H19N3O2/c15-11-7-12(16-14(18)10-1-2-10)9-13(8-11)17-3-5-19-6-4-17/h7-10H,1-6,15H2,(H,16,18). The molecule has 1 amide bonds. The second kappa shape index (κ2) is 5.09. The van der Waals surface area contributed by atoms with E-state index < -0.39 is 0 Å². The summed E-state index contributed by atoms with van der Waals surface area (Å²) in [4.78, 5) is 14.0. The third kappa shape index (κ3) is 2.98. The summed E-state index contributed by atoms with van der Waals surface area (Å²) in [5.41, 5.74) is 8.44. The number of anilines is 3. The number of benzene rings is 1. The van der Waals surface area contributed by atoms with E-state index in [0.717, 1.165) is 50.5 Å². The van der Waals surface area contributed by atoms with Crippen LogP contribution in [0, 0.1) is 5.92 Å². The first-order chi connectivity index (χ1) is 9.22. The van der Waals surface area contributed by atoms with Crippen LogP contribution in [-0.2, 0) is 9.53 Å². The van der Waals surface area contributed by atoms with Crippen molar-refractivity contribution in [3.8, 4) is 0 Å². The van der Waals surface area contributed by atoms with Crippen LogP contribution in [0.2, 0.25) is 0 Å². The van der Waals surface area contributed by atoms with E-state index >= 15 is 0 Å². The Bertz CT molecular complexity index is 480. The fraction of sp³-hybridized carbons (Fsp3) is 0.500. The first kappa shape index (κ1) is 12.3. The van der Waals surface area contributed by atoms with Crippen LogP contribution >= 0.6 is 0 Å². The molecular formula is C14H19N3O2. The number of morpholine rings is 1. The van der Waals surface area contributed by atoms with E-state index in [1.807, 2.05) is 18.2 Å². The molecule has 5 nitrogen and oxygen atoms in total. The summed E-state index contributed by atoms with van der Waals surface area (Å²) < 4.78 is 5.34. The minimum absolute atomic E-state index is 0.110. The van der Waals surface area contributed by atoms with E-state index in [1.165, 1.54) is 0 Å². The maximum Gasteiger partial charge on any atom is 0.227 e. The molecule has 0 unspecified atom stereocenters. The van der Waals surface area contributed by atoms with Gasteiger partial charge in [0.1, 0.15) is 0 Å². The Morgan fingerprint density at radius 1 is 1.26 bits per heavy atom. The molecule has 1 heterocycles. The molecule has 0 spiro atoms. The minimum Gasteiger partial charge on any atom is -0.399 e. The molecule has 1 aromatic carbocycles. The van der Waals surface area contributed by atoms with Gasteiger partial charge in [-0.25, -0.2) is 0 Å². The Balaban J connectivity index is 1.76. The van der Waals surface area contributed by atoms with Gasteiger partial charge in [-0.2, -0.15) is 0 Å². The van der Waals surface area contributed by atoms with Gasteiger partial charge in [-0.3, -0.25) is 4.79 Å². The fourth-order valence-corrected chi connectivity index (χ4v) is 2.30. The number of nitrogens with one attached hydrogen (secondary N) is 1. The van der Waals surface area contributed by atoms with Crippen LogP contribution in [-0.4, -0.2) is 32.2 Å². The zero-order valence-corrected chi connectivity index (χ0v) is 10.9. The zero-order valence-electron chi connectivity index (χ0n) is 10.9. The van der Waals surface area contributed by atoms with Crippen LogP contribution < -0.4 is 16.0 Å². The Morgan fingerprint density at radius 2 is 2.00 bits per heavy atom. The lowest BCUT2D eigenvalue weighted by atomic mass is 10.2.